The summed E-state index contributed by atoms with van der Waals surface area (Å²) < 4.78 is 5.18. The van der Waals surface area contributed by atoms with E-state index in [0.29, 0.717) is 17.2 Å². The van der Waals surface area contributed by atoms with Gasteiger partial charge in [0.15, 0.2) is 5.78 Å². The van der Waals surface area contributed by atoms with Crippen molar-refractivity contribution in [2.75, 3.05) is 13.7 Å². The first kappa shape index (κ1) is 11.7. The fourth-order valence-electron chi connectivity index (χ4n) is 1.41. The average molecular weight is 207 g/mol. The number of carbonyl (C=O) groups excluding carboxylic acids is 1. The number of nitrogens with two attached hydrogens (primary N) is 1. The molecule has 0 aliphatic heterocycles. The monoisotopic (exact) mass is 207 g/mol. The standard InChI is InChI=1S/C12H17NO2/c1-8(2)9-4-5-10(11(14)7-13)12(6-9)15-3/h4-6,8H,7,13H2,1-3H3. The van der Waals surface area contributed by atoms with Crippen molar-refractivity contribution in [3.8, 4) is 5.75 Å². The van der Waals surface area contributed by atoms with Gasteiger partial charge in [-0.15, -0.1) is 0 Å². The molecule has 1 aromatic carbocycles. The van der Waals surface area contributed by atoms with Gasteiger partial charge < -0.3 is 10.5 Å². The van der Waals surface area contributed by atoms with Gasteiger partial charge in [0.1, 0.15) is 5.75 Å². The molecule has 15 heavy (non-hydrogen) atoms. The minimum Gasteiger partial charge on any atom is -0.496 e. The Balaban J connectivity index is 3.15. The predicted molar refractivity (Wildman–Crippen MR) is 60.5 cm³/mol. The van der Waals surface area contributed by atoms with Crippen LogP contribution in [0.4, 0.5) is 0 Å². The second kappa shape index (κ2) is 4.94. The quantitative estimate of drug-likeness (QED) is 0.768. The number of ketones is 1. The third-order valence-electron chi connectivity index (χ3n) is 2.38. The Morgan fingerprint density at radius 3 is 2.60 bits per heavy atom. The largest absolute Gasteiger partial charge is 0.496 e. The summed E-state index contributed by atoms with van der Waals surface area (Å²) in [5, 5.41) is 0. The van der Waals surface area contributed by atoms with Crippen molar-refractivity contribution in [3.63, 3.8) is 0 Å². The highest BCUT2D eigenvalue weighted by Gasteiger charge is 2.12. The van der Waals surface area contributed by atoms with Crippen molar-refractivity contribution in [2.45, 2.75) is 19.8 Å². The highest BCUT2D eigenvalue weighted by atomic mass is 16.5. The maximum absolute atomic E-state index is 11.5. The highest BCUT2D eigenvalue weighted by Crippen LogP contribution is 2.24. The molecule has 0 fully saturated rings. The van der Waals surface area contributed by atoms with Gasteiger partial charge in [-0.1, -0.05) is 19.9 Å². The van der Waals surface area contributed by atoms with E-state index in [1.54, 1.807) is 13.2 Å². The topological polar surface area (TPSA) is 52.3 Å². The predicted octanol–water partition coefficient (Wildman–Crippen LogP) is 1.96. The summed E-state index contributed by atoms with van der Waals surface area (Å²) in [6, 6.07) is 5.62. The molecule has 0 saturated carbocycles. The van der Waals surface area contributed by atoms with Crippen LogP contribution in [0.2, 0.25) is 0 Å². The van der Waals surface area contributed by atoms with Crippen LogP contribution in [-0.2, 0) is 0 Å². The van der Waals surface area contributed by atoms with E-state index < -0.39 is 0 Å². The van der Waals surface area contributed by atoms with Crippen LogP contribution in [0.15, 0.2) is 18.2 Å². The van der Waals surface area contributed by atoms with E-state index in [2.05, 4.69) is 13.8 Å². The SMILES string of the molecule is COc1cc(C(C)C)ccc1C(=O)CN. The Kier molecular flexibility index (Phi) is 3.86. The molecule has 1 aromatic rings. The second-order valence-electron chi connectivity index (χ2n) is 3.74. The molecule has 3 heteroatoms. The van der Waals surface area contributed by atoms with Crippen LogP contribution in [0.1, 0.15) is 35.7 Å². The Morgan fingerprint density at radius 2 is 2.13 bits per heavy atom. The first-order valence-corrected chi connectivity index (χ1v) is 5.01. The zero-order valence-electron chi connectivity index (χ0n) is 9.41. The number of Topliss-reactive ketones (excluding diaryl/α,β-unsaturated/α-hetero) is 1. The normalized spacial score (nSPS) is 10.5. The van der Waals surface area contributed by atoms with Gasteiger partial charge in [-0.25, -0.2) is 0 Å². The lowest BCUT2D eigenvalue weighted by Crippen LogP contribution is -2.14. The number of carbonyl (C=O) groups is 1. The Bertz CT molecular complexity index is 359. The Morgan fingerprint density at radius 1 is 1.47 bits per heavy atom. The fourth-order valence-corrected chi connectivity index (χ4v) is 1.41. The van der Waals surface area contributed by atoms with E-state index in [4.69, 9.17) is 10.5 Å². The molecule has 2 N–H and O–H groups in total. The van der Waals surface area contributed by atoms with Gasteiger partial charge in [0.05, 0.1) is 19.2 Å². The molecule has 0 spiro atoms. The number of benzene rings is 1. The van der Waals surface area contributed by atoms with Gasteiger partial charge in [0, 0.05) is 0 Å². The van der Waals surface area contributed by atoms with E-state index in [1.807, 2.05) is 12.1 Å². The van der Waals surface area contributed by atoms with Crippen LogP contribution in [0.25, 0.3) is 0 Å². The molecule has 0 atom stereocenters. The molecule has 0 aliphatic rings. The third-order valence-corrected chi connectivity index (χ3v) is 2.38. The van der Waals surface area contributed by atoms with Crippen LogP contribution in [0, 0.1) is 0 Å². The summed E-state index contributed by atoms with van der Waals surface area (Å²) in [6.45, 7) is 4.20. The fraction of sp³-hybridized carbons (Fsp3) is 0.417. The minimum atomic E-state index is -0.0952. The first-order valence-electron chi connectivity index (χ1n) is 5.01. The van der Waals surface area contributed by atoms with Gasteiger partial charge in [-0.3, -0.25) is 4.79 Å². The lowest BCUT2D eigenvalue weighted by atomic mass is 9.99. The summed E-state index contributed by atoms with van der Waals surface area (Å²) >= 11 is 0. The second-order valence-corrected chi connectivity index (χ2v) is 3.74. The molecule has 0 radical (unpaired) electrons. The molecule has 0 saturated heterocycles. The lowest BCUT2D eigenvalue weighted by molar-refractivity contribution is 0.0998. The van der Waals surface area contributed by atoms with E-state index in [1.165, 1.54) is 0 Å². The smallest absolute Gasteiger partial charge is 0.180 e. The van der Waals surface area contributed by atoms with Crippen molar-refractivity contribution >= 4 is 5.78 Å². The van der Waals surface area contributed by atoms with Crippen molar-refractivity contribution in [1.29, 1.82) is 0 Å². The summed E-state index contributed by atoms with van der Waals surface area (Å²) in [7, 11) is 1.56. The molecular weight excluding hydrogens is 190 g/mol. The van der Waals surface area contributed by atoms with Gasteiger partial charge in [0.2, 0.25) is 0 Å². The van der Waals surface area contributed by atoms with E-state index >= 15 is 0 Å². The number of rotatable bonds is 4. The van der Waals surface area contributed by atoms with Crippen LogP contribution >= 0.6 is 0 Å². The highest BCUT2D eigenvalue weighted by molar-refractivity contribution is 6.00. The average Bonchev–Trinajstić information content (AvgIpc) is 2.27. The molecule has 0 aliphatic carbocycles. The van der Waals surface area contributed by atoms with Crippen molar-refractivity contribution in [1.82, 2.24) is 0 Å². The minimum absolute atomic E-state index is 0.0113. The number of ether oxygens (including phenoxy) is 1. The maximum Gasteiger partial charge on any atom is 0.180 e. The summed E-state index contributed by atoms with van der Waals surface area (Å²) in [4.78, 5) is 11.5. The van der Waals surface area contributed by atoms with Gasteiger partial charge in [-0.05, 0) is 23.6 Å². The molecule has 3 nitrogen and oxygen atoms in total. The molecular formula is C12H17NO2. The van der Waals surface area contributed by atoms with Crippen molar-refractivity contribution in [3.05, 3.63) is 29.3 Å². The summed E-state index contributed by atoms with van der Waals surface area (Å²) in [5.74, 6) is 0.930. The molecule has 82 valence electrons. The van der Waals surface area contributed by atoms with E-state index in [9.17, 15) is 4.79 Å². The van der Waals surface area contributed by atoms with E-state index in [0.717, 1.165) is 5.56 Å². The zero-order chi connectivity index (χ0) is 11.4. The van der Waals surface area contributed by atoms with Crippen LogP contribution in [-0.4, -0.2) is 19.4 Å². The van der Waals surface area contributed by atoms with Gasteiger partial charge in [-0.2, -0.15) is 0 Å². The number of methoxy groups -OCH3 is 1. The molecule has 1 rings (SSSR count). The van der Waals surface area contributed by atoms with Crippen molar-refractivity contribution < 1.29 is 9.53 Å². The summed E-state index contributed by atoms with van der Waals surface area (Å²) in [5.41, 5.74) is 7.03. The molecule has 0 unspecified atom stereocenters. The Labute approximate surface area is 90.2 Å². The lowest BCUT2D eigenvalue weighted by Gasteiger charge is -2.11. The van der Waals surface area contributed by atoms with Crippen molar-refractivity contribution in [2.24, 2.45) is 5.73 Å². The molecule has 0 aromatic heterocycles. The van der Waals surface area contributed by atoms with Gasteiger partial charge in [0.25, 0.3) is 0 Å². The van der Waals surface area contributed by atoms with E-state index in [-0.39, 0.29) is 12.3 Å². The number of hydrogen-bond donors (Lipinski definition) is 1. The first-order chi connectivity index (χ1) is 7.10. The van der Waals surface area contributed by atoms with Crippen LogP contribution in [0.3, 0.4) is 0 Å². The molecule has 0 bridgehead atoms. The van der Waals surface area contributed by atoms with Crippen LogP contribution < -0.4 is 10.5 Å². The molecule has 0 amide bonds. The summed E-state index contributed by atoms with van der Waals surface area (Å²) in [6.07, 6.45) is 0. The van der Waals surface area contributed by atoms with Crippen LogP contribution in [0.5, 0.6) is 5.75 Å². The number of hydrogen-bond acceptors (Lipinski definition) is 3. The zero-order valence-corrected chi connectivity index (χ0v) is 9.41. The van der Waals surface area contributed by atoms with Gasteiger partial charge >= 0.3 is 0 Å². The Hall–Kier alpha value is -1.35. The molecule has 0 heterocycles. The third kappa shape index (κ3) is 2.57. The maximum atomic E-state index is 11.5.